The molecule has 3 atom stereocenters. The second-order valence-corrected chi connectivity index (χ2v) is 6.61. The normalized spacial score (nSPS) is 22.8. The Kier molecular flexibility index (Phi) is 5.13. The molecule has 126 valence electrons. The Hall–Kier alpha value is -1.66. The predicted molar refractivity (Wildman–Crippen MR) is 89.2 cm³/mol. The highest BCUT2D eigenvalue weighted by atomic mass is 16.5. The fourth-order valence-corrected chi connectivity index (χ4v) is 3.24. The Bertz CT molecular complexity index is 592. The SMILES string of the molecule is CC(CCn1cccn1)N[C@H]1CCO[C@@H]1c1ccnn1C(C)C. The van der Waals surface area contributed by atoms with Gasteiger partial charge in [-0.25, -0.2) is 0 Å². The van der Waals surface area contributed by atoms with Crippen LogP contribution in [-0.2, 0) is 11.3 Å². The lowest BCUT2D eigenvalue weighted by Gasteiger charge is -2.25. The Balaban J connectivity index is 1.59. The van der Waals surface area contributed by atoms with Crippen LogP contribution in [0.3, 0.4) is 0 Å². The van der Waals surface area contributed by atoms with Crippen LogP contribution >= 0.6 is 0 Å². The van der Waals surface area contributed by atoms with E-state index in [-0.39, 0.29) is 6.10 Å². The second-order valence-electron chi connectivity index (χ2n) is 6.61. The molecule has 0 amide bonds. The van der Waals surface area contributed by atoms with Gasteiger partial charge in [0.15, 0.2) is 0 Å². The molecular weight excluding hydrogens is 290 g/mol. The number of nitrogens with one attached hydrogen (secondary N) is 1. The molecule has 1 aliphatic heterocycles. The van der Waals surface area contributed by atoms with Gasteiger partial charge in [0.25, 0.3) is 0 Å². The van der Waals surface area contributed by atoms with Gasteiger partial charge in [0, 0.05) is 49.9 Å². The quantitative estimate of drug-likeness (QED) is 0.853. The molecule has 0 bridgehead atoms. The van der Waals surface area contributed by atoms with Crippen molar-refractivity contribution in [3.63, 3.8) is 0 Å². The minimum Gasteiger partial charge on any atom is -0.370 e. The maximum atomic E-state index is 6.01. The summed E-state index contributed by atoms with van der Waals surface area (Å²) >= 11 is 0. The Morgan fingerprint density at radius 1 is 1.30 bits per heavy atom. The largest absolute Gasteiger partial charge is 0.370 e. The number of nitrogens with zero attached hydrogens (tertiary/aromatic N) is 4. The molecule has 6 heteroatoms. The van der Waals surface area contributed by atoms with Gasteiger partial charge < -0.3 is 10.1 Å². The first-order valence-electron chi connectivity index (χ1n) is 8.53. The Morgan fingerprint density at radius 2 is 2.17 bits per heavy atom. The molecule has 23 heavy (non-hydrogen) atoms. The van der Waals surface area contributed by atoms with Gasteiger partial charge in [-0.1, -0.05) is 0 Å². The Morgan fingerprint density at radius 3 is 2.91 bits per heavy atom. The third-order valence-corrected chi connectivity index (χ3v) is 4.42. The van der Waals surface area contributed by atoms with E-state index < -0.39 is 0 Å². The molecule has 0 saturated carbocycles. The van der Waals surface area contributed by atoms with Crippen molar-refractivity contribution < 1.29 is 4.74 Å². The standard InChI is InChI=1S/C17H27N5O/c1-13(2)22-16(5-9-19-22)17-15(7-12-23-17)20-14(3)6-11-21-10-4-8-18-21/h4-5,8-10,13-15,17,20H,6-7,11-12H2,1-3H3/t14?,15-,17-/m0/s1. The summed E-state index contributed by atoms with van der Waals surface area (Å²) in [6.45, 7) is 8.28. The maximum absolute atomic E-state index is 6.01. The van der Waals surface area contributed by atoms with Crippen molar-refractivity contribution in [3.05, 3.63) is 36.4 Å². The number of aryl methyl sites for hydroxylation is 1. The summed E-state index contributed by atoms with van der Waals surface area (Å²) in [5.74, 6) is 0. The van der Waals surface area contributed by atoms with Gasteiger partial charge >= 0.3 is 0 Å². The van der Waals surface area contributed by atoms with Crippen LogP contribution in [0.5, 0.6) is 0 Å². The zero-order valence-electron chi connectivity index (χ0n) is 14.2. The third kappa shape index (κ3) is 3.82. The molecule has 1 aliphatic rings. The molecule has 0 spiro atoms. The molecule has 2 aromatic heterocycles. The van der Waals surface area contributed by atoms with Crippen molar-refractivity contribution in [1.29, 1.82) is 0 Å². The zero-order valence-corrected chi connectivity index (χ0v) is 14.2. The summed E-state index contributed by atoms with van der Waals surface area (Å²) in [7, 11) is 0. The van der Waals surface area contributed by atoms with Crippen LogP contribution < -0.4 is 5.32 Å². The lowest BCUT2D eigenvalue weighted by Crippen LogP contribution is -2.39. The number of ether oxygens (including phenoxy) is 1. The van der Waals surface area contributed by atoms with Crippen molar-refractivity contribution in [2.24, 2.45) is 0 Å². The molecule has 0 aromatic carbocycles. The number of hydrogen-bond donors (Lipinski definition) is 1. The topological polar surface area (TPSA) is 56.9 Å². The van der Waals surface area contributed by atoms with Gasteiger partial charge in [0.05, 0.1) is 5.69 Å². The monoisotopic (exact) mass is 317 g/mol. The fraction of sp³-hybridized carbons (Fsp3) is 0.647. The van der Waals surface area contributed by atoms with Crippen molar-refractivity contribution in [2.75, 3.05) is 6.61 Å². The van der Waals surface area contributed by atoms with Gasteiger partial charge in [-0.05, 0) is 45.7 Å². The van der Waals surface area contributed by atoms with Gasteiger partial charge in [-0.2, -0.15) is 10.2 Å². The van der Waals surface area contributed by atoms with Crippen molar-refractivity contribution >= 4 is 0 Å². The van der Waals surface area contributed by atoms with Crippen LogP contribution in [-0.4, -0.2) is 38.3 Å². The van der Waals surface area contributed by atoms with Crippen LogP contribution in [0, 0.1) is 0 Å². The first kappa shape index (κ1) is 16.2. The molecule has 3 heterocycles. The minimum atomic E-state index is 0.0899. The highest BCUT2D eigenvalue weighted by Gasteiger charge is 2.33. The highest BCUT2D eigenvalue weighted by molar-refractivity contribution is 5.10. The molecule has 3 rings (SSSR count). The van der Waals surface area contributed by atoms with Gasteiger partial charge in [-0.3, -0.25) is 9.36 Å². The predicted octanol–water partition coefficient (Wildman–Crippen LogP) is 2.56. The number of rotatable bonds is 7. The van der Waals surface area contributed by atoms with E-state index in [4.69, 9.17) is 4.74 Å². The first-order chi connectivity index (χ1) is 11.1. The van der Waals surface area contributed by atoms with E-state index in [1.54, 1.807) is 0 Å². The Labute approximate surface area is 137 Å². The van der Waals surface area contributed by atoms with E-state index in [2.05, 4.69) is 47.0 Å². The average molecular weight is 317 g/mol. The van der Waals surface area contributed by atoms with E-state index in [0.717, 1.165) is 26.0 Å². The molecule has 1 N–H and O–H groups in total. The van der Waals surface area contributed by atoms with E-state index in [1.165, 1.54) is 5.69 Å². The molecule has 1 fully saturated rings. The van der Waals surface area contributed by atoms with Crippen LogP contribution in [0.4, 0.5) is 0 Å². The summed E-state index contributed by atoms with van der Waals surface area (Å²) in [5, 5.41) is 12.4. The van der Waals surface area contributed by atoms with Crippen LogP contribution in [0.15, 0.2) is 30.7 Å². The smallest absolute Gasteiger partial charge is 0.114 e. The van der Waals surface area contributed by atoms with E-state index in [9.17, 15) is 0 Å². The molecule has 6 nitrogen and oxygen atoms in total. The zero-order chi connectivity index (χ0) is 16.2. The summed E-state index contributed by atoms with van der Waals surface area (Å²) in [4.78, 5) is 0. The lowest BCUT2D eigenvalue weighted by atomic mass is 10.1. The van der Waals surface area contributed by atoms with Gasteiger partial charge in [0.2, 0.25) is 0 Å². The second kappa shape index (κ2) is 7.27. The minimum absolute atomic E-state index is 0.0899. The molecule has 0 radical (unpaired) electrons. The molecule has 1 unspecified atom stereocenters. The van der Waals surface area contributed by atoms with Crippen molar-refractivity contribution in [2.45, 2.75) is 64.4 Å². The van der Waals surface area contributed by atoms with Crippen LogP contribution in [0.25, 0.3) is 0 Å². The molecule has 1 saturated heterocycles. The van der Waals surface area contributed by atoms with Crippen LogP contribution in [0.1, 0.15) is 51.5 Å². The molecule has 2 aromatic rings. The highest BCUT2D eigenvalue weighted by Crippen LogP contribution is 2.30. The number of hydrogen-bond acceptors (Lipinski definition) is 4. The maximum Gasteiger partial charge on any atom is 0.114 e. The average Bonchev–Trinajstić information content (AvgIpc) is 3.25. The van der Waals surface area contributed by atoms with E-state index in [1.807, 2.05) is 29.3 Å². The van der Waals surface area contributed by atoms with Gasteiger partial charge in [-0.15, -0.1) is 0 Å². The summed E-state index contributed by atoms with van der Waals surface area (Å²) in [6, 6.07) is 5.16. The van der Waals surface area contributed by atoms with E-state index >= 15 is 0 Å². The fourth-order valence-electron chi connectivity index (χ4n) is 3.24. The van der Waals surface area contributed by atoms with E-state index in [0.29, 0.717) is 18.1 Å². The van der Waals surface area contributed by atoms with Crippen molar-refractivity contribution in [3.8, 4) is 0 Å². The summed E-state index contributed by atoms with van der Waals surface area (Å²) < 4.78 is 10.1. The number of aromatic nitrogens is 4. The molecular formula is C17H27N5O. The van der Waals surface area contributed by atoms with Crippen LogP contribution in [0.2, 0.25) is 0 Å². The first-order valence-corrected chi connectivity index (χ1v) is 8.53. The summed E-state index contributed by atoms with van der Waals surface area (Å²) in [6.07, 6.45) is 7.89. The van der Waals surface area contributed by atoms with Crippen molar-refractivity contribution in [1.82, 2.24) is 24.9 Å². The van der Waals surface area contributed by atoms with Gasteiger partial charge in [0.1, 0.15) is 6.10 Å². The summed E-state index contributed by atoms with van der Waals surface area (Å²) in [5.41, 5.74) is 1.18. The lowest BCUT2D eigenvalue weighted by molar-refractivity contribution is 0.0878. The third-order valence-electron chi connectivity index (χ3n) is 4.42. The molecule has 0 aliphatic carbocycles.